The molecule has 0 aromatic heterocycles. The van der Waals surface area contributed by atoms with Gasteiger partial charge in [0, 0.05) is 12.6 Å². The second-order valence-corrected chi connectivity index (χ2v) is 3.29. The highest BCUT2D eigenvalue weighted by atomic mass is 15.2. The van der Waals surface area contributed by atoms with E-state index in [1.807, 2.05) is 6.08 Å². The molecule has 1 rings (SSSR count). The van der Waals surface area contributed by atoms with Crippen LogP contribution in [0.2, 0.25) is 0 Å². The largest absolute Gasteiger partial charge is 0.297 e. The van der Waals surface area contributed by atoms with Gasteiger partial charge >= 0.3 is 0 Å². The average molecular weight is 139 g/mol. The molecule has 0 aromatic rings. The van der Waals surface area contributed by atoms with Crippen LogP contribution in [0, 0.1) is 5.92 Å². The van der Waals surface area contributed by atoms with Crippen molar-refractivity contribution >= 4 is 0 Å². The van der Waals surface area contributed by atoms with E-state index in [0.717, 1.165) is 18.5 Å². The average Bonchev–Trinajstić information content (AvgIpc) is 2.20. The number of rotatable bonds is 2. The predicted molar refractivity (Wildman–Crippen MR) is 45.0 cm³/mol. The molecule has 0 saturated carbocycles. The van der Waals surface area contributed by atoms with Gasteiger partial charge in [-0.3, -0.25) is 4.90 Å². The molecule has 1 aliphatic heterocycles. The molecular formula is C9H17N. The lowest BCUT2D eigenvalue weighted by Crippen LogP contribution is -2.29. The fraction of sp³-hybridized carbons (Fsp3) is 0.778. The van der Waals surface area contributed by atoms with Crippen molar-refractivity contribution in [2.24, 2.45) is 5.92 Å². The van der Waals surface area contributed by atoms with Gasteiger partial charge in [0.05, 0.1) is 0 Å². The molecule has 0 unspecified atom stereocenters. The molecule has 0 radical (unpaired) electrons. The normalized spacial score (nSPS) is 34.6. The molecule has 2 atom stereocenters. The van der Waals surface area contributed by atoms with E-state index in [0.29, 0.717) is 0 Å². The van der Waals surface area contributed by atoms with E-state index in [1.54, 1.807) is 0 Å². The van der Waals surface area contributed by atoms with E-state index in [2.05, 4.69) is 25.3 Å². The molecule has 0 spiro atoms. The summed E-state index contributed by atoms with van der Waals surface area (Å²) in [6, 6.07) is 0.762. The summed E-state index contributed by atoms with van der Waals surface area (Å²) in [7, 11) is 0. The lowest BCUT2D eigenvalue weighted by Gasteiger charge is -2.20. The molecule has 0 bridgehead atoms. The molecule has 1 saturated heterocycles. The van der Waals surface area contributed by atoms with Gasteiger partial charge in [-0.2, -0.15) is 0 Å². The zero-order chi connectivity index (χ0) is 7.56. The topological polar surface area (TPSA) is 3.24 Å². The Morgan fingerprint density at radius 1 is 1.60 bits per heavy atom. The Balaban J connectivity index is 2.40. The van der Waals surface area contributed by atoms with Crippen molar-refractivity contribution in [1.29, 1.82) is 0 Å². The van der Waals surface area contributed by atoms with E-state index in [9.17, 15) is 0 Å². The van der Waals surface area contributed by atoms with Crippen LogP contribution in [0.4, 0.5) is 0 Å². The molecule has 0 aliphatic carbocycles. The van der Waals surface area contributed by atoms with Gasteiger partial charge in [-0.05, 0) is 25.8 Å². The molecule has 1 nitrogen and oxygen atoms in total. The summed E-state index contributed by atoms with van der Waals surface area (Å²) in [6.07, 6.45) is 3.35. The van der Waals surface area contributed by atoms with Crippen molar-refractivity contribution in [2.75, 3.05) is 13.1 Å². The number of likely N-dealkylation sites (tertiary alicyclic amines) is 1. The summed E-state index contributed by atoms with van der Waals surface area (Å²) in [6.45, 7) is 10.7. The van der Waals surface area contributed by atoms with Gasteiger partial charge in [-0.15, -0.1) is 6.58 Å². The first kappa shape index (κ1) is 7.80. The first-order valence-electron chi connectivity index (χ1n) is 4.10. The predicted octanol–water partition coefficient (Wildman–Crippen LogP) is 1.90. The Labute approximate surface area is 63.7 Å². The Kier molecular flexibility index (Phi) is 2.50. The molecule has 1 fully saturated rings. The Bertz CT molecular complexity index is 120. The smallest absolute Gasteiger partial charge is 0.0163 e. The van der Waals surface area contributed by atoms with E-state index in [1.165, 1.54) is 13.0 Å². The molecule has 0 amide bonds. The van der Waals surface area contributed by atoms with Gasteiger partial charge in [0.2, 0.25) is 0 Å². The van der Waals surface area contributed by atoms with Gasteiger partial charge in [0.1, 0.15) is 0 Å². The third-order valence-corrected chi connectivity index (χ3v) is 2.63. The minimum atomic E-state index is 0.762. The van der Waals surface area contributed by atoms with Gasteiger partial charge in [-0.25, -0.2) is 0 Å². The molecular weight excluding hydrogens is 122 g/mol. The second-order valence-electron chi connectivity index (χ2n) is 3.29. The maximum Gasteiger partial charge on any atom is 0.0163 e. The van der Waals surface area contributed by atoms with Gasteiger partial charge in [-0.1, -0.05) is 13.0 Å². The van der Waals surface area contributed by atoms with Crippen LogP contribution in [0.1, 0.15) is 20.3 Å². The van der Waals surface area contributed by atoms with Gasteiger partial charge in [0.15, 0.2) is 0 Å². The standard InChI is InChI=1S/C9H17N/c1-4-6-10-7-5-8(2)9(10)3/h4,8-9H,1,5-7H2,2-3H3/t8-,9-/m1/s1. The first-order valence-corrected chi connectivity index (χ1v) is 4.10. The van der Waals surface area contributed by atoms with E-state index in [4.69, 9.17) is 0 Å². The Hall–Kier alpha value is -0.300. The monoisotopic (exact) mass is 139 g/mol. The molecule has 1 heteroatoms. The third-order valence-electron chi connectivity index (χ3n) is 2.63. The second kappa shape index (κ2) is 3.20. The Morgan fingerprint density at radius 2 is 2.30 bits per heavy atom. The number of hydrogen-bond acceptors (Lipinski definition) is 1. The summed E-state index contributed by atoms with van der Waals surface area (Å²) in [5.41, 5.74) is 0. The van der Waals surface area contributed by atoms with Crippen LogP contribution >= 0.6 is 0 Å². The maximum absolute atomic E-state index is 3.74. The SMILES string of the molecule is C=CCN1CC[C@@H](C)[C@H]1C. The molecule has 58 valence electrons. The number of hydrogen-bond donors (Lipinski definition) is 0. The maximum atomic E-state index is 3.74. The zero-order valence-electron chi connectivity index (χ0n) is 7.01. The van der Waals surface area contributed by atoms with E-state index < -0.39 is 0 Å². The van der Waals surface area contributed by atoms with Crippen LogP contribution in [0.25, 0.3) is 0 Å². The van der Waals surface area contributed by atoms with Crippen LogP contribution in [0.15, 0.2) is 12.7 Å². The fourth-order valence-electron chi connectivity index (χ4n) is 1.60. The summed E-state index contributed by atoms with van der Waals surface area (Å²) < 4.78 is 0. The minimum Gasteiger partial charge on any atom is -0.297 e. The summed E-state index contributed by atoms with van der Waals surface area (Å²) in [5.74, 6) is 0.875. The molecule has 0 aromatic carbocycles. The lowest BCUT2D eigenvalue weighted by molar-refractivity contribution is 0.273. The van der Waals surface area contributed by atoms with Crippen LogP contribution in [-0.2, 0) is 0 Å². The van der Waals surface area contributed by atoms with Crippen LogP contribution < -0.4 is 0 Å². The highest BCUT2D eigenvalue weighted by Crippen LogP contribution is 2.22. The summed E-state index contributed by atoms with van der Waals surface area (Å²) >= 11 is 0. The van der Waals surface area contributed by atoms with Crippen LogP contribution in [0.5, 0.6) is 0 Å². The van der Waals surface area contributed by atoms with E-state index >= 15 is 0 Å². The highest BCUT2D eigenvalue weighted by molar-refractivity contribution is 4.85. The molecule has 1 aliphatic rings. The van der Waals surface area contributed by atoms with Crippen molar-refractivity contribution < 1.29 is 0 Å². The Morgan fingerprint density at radius 3 is 2.70 bits per heavy atom. The van der Waals surface area contributed by atoms with Crippen molar-refractivity contribution in [3.8, 4) is 0 Å². The minimum absolute atomic E-state index is 0.762. The molecule has 0 N–H and O–H groups in total. The van der Waals surface area contributed by atoms with Crippen LogP contribution in [0.3, 0.4) is 0 Å². The van der Waals surface area contributed by atoms with Gasteiger partial charge < -0.3 is 0 Å². The van der Waals surface area contributed by atoms with Gasteiger partial charge in [0.25, 0.3) is 0 Å². The summed E-state index contributed by atoms with van der Waals surface area (Å²) in [4.78, 5) is 2.48. The molecule has 10 heavy (non-hydrogen) atoms. The van der Waals surface area contributed by atoms with Crippen molar-refractivity contribution in [3.05, 3.63) is 12.7 Å². The van der Waals surface area contributed by atoms with Crippen molar-refractivity contribution in [1.82, 2.24) is 4.90 Å². The quantitative estimate of drug-likeness (QED) is 0.528. The van der Waals surface area contributed by atoms with Crippen molar-refractivity contribution in [3.63, 3.8) is 0 Å². The first-order chi connectivity index (χ1) is 4.75. The van der Waals surface area contributed by atoms with Crippen molar-refractivity contribution in [2.45, 2.75) is 26.3 Å². The fourth-order valence-corrected chi connectivity index (χ4v) is 1.60. The summed E-state index contributed by atoms with van der Waals surface area (Å²) in [5, 5.41) is 0. The highest BCUT2D eigenvalue weighted by Gasteiger charge is 2.25. The van der Waals surface area contributed by atoms with Crippen LogP contribution in [-0.4, -0.2) is 24.0 Å². The molecule has 1 heterocycles. The van der Waals surface area contributed by atoms with E-state index in [-0.39, 0.29) is 0 Å². The lowest BCUT2D eigenvalue weighted by atomic mass is 10.1. The third kappa shape index (κ3) is 1.40. The zero-order valence-corrected chi connectivity index (χ0v) is 7.01. The number of nitrogens with zero attached hydrogens (tertiary/aromatic N) is 1.